The van der Waals surface area contributed by atoms with Gasteiger partial charge in [-0.3, -0.25) is 14.9 Å². The second-order valence-corrected chi connectivity index (χ2v) is 6.70. The molecular formula is C19H21N3O3S. The summed E-state index contributed by atoms with van der Waals surface area (Å²) in [7, 11) is 0. The molecular weight excluding hydrogens is 350 g/mol. The molecule has 2 aromatic rings. The van der Waals surface area contributed by atoms with E-state index in [4.69, 9.17) is 16.6 Å². The standard InChI is InChI=1S/C19H21N3O3S/c23-17(13-6-2-1-3-7-13)20-14-8-4-9-15(12-14)21-19(26)22-18(24)16-10-5-11-25-16/h4-5,8-13H,1-3,6-7H2,(H,20,23)(H2,21,22,24,26). The Morgan fingerprint density at radius 1 is 1.00 bits per heavy atom. The van der Waals surface area contributed by atoms with Crippen molar-refractivity contribution in [1.82, 2.24) is 5.32 Å². The molecule has 1 aromatic carbocycles. The van der Waals surface area contributed by atoms with Gasteiger partial charge in [0.25, 0.3) is 5.91 Å². The lowest BCUT2D eigenvalue weighted by Crippen LogP contribution is -2.33. The molecule has 3 rings (SSSR count). The Kier molecular flexibility index (Phi) is 6.01. The first-order valence-electron chi connectivity index (χ1n) is 8.68. The molecule has 0 unspecified atom stereocenters. The Morgan fingerprint density at radius 3 is 2.42 bits per heavy atom. The Balaban J connectivity index is 1.55. The first-order valence-corrected chi connectivity index (χ1v) is 9.09. The van der Waals surface area contributed by atoms with Crippen LogP contribution in [-0.2, 0) is 4.79 Å². The van der Waals surface area contributed by atoms with Crippen LogP contribution in [0.4, 0.5) is 11.4 Å². The van der Waals surface area contributed by atoms with Crippen molar-refractivity contribution >= 4 is 40.5 Å². The second-order valence-electron chi connectivity index (χ2n) is 6.29. The Hall–Kier alpha value is -2.67. The van der Waals surface area contributed by atoms with Crippen molar-refractivity contribution in [3.63, 3.8) is 0 Å². The molecule has 0 bridgehead atoms. The maximum atomic E-state index is 12.4. The fourth-order valence-corrected chi connectivity index (χ4v) is 3.23. The van der Waals surface area contributed by atoms with Crippen molar-refractivity contribution in [2.75, 3.05) is 10.6 Å². The van der Waals surface area contributed by atoms with Crippen LogP contribution in [-0.4, -0.2) is 16.9 Å². The lowest BCUT2D eigenvalue weighted by atomic mass is 9.88. The van der Waals surface area contributed by atoms with Crippen molar-refractivity contribution in [3.8, 4) is 0 Å². The van der Waals surface area contributed by atoms with E-state index in [1.807, 2.05) is 18.2 Å². The first-order chi connectivity index (χ1) is 12.6. The molecule has 1 aliphatic rings. The third-order valence-electron chi connectivity index (χ3n) is 4.34. The van der Waals surface area contributed by atoms with E-state index < -0.39 is 5.91 Å². The molecule has 136 valence electrons. The average molecular weight is 371 g/mol. The molecule has 1 aromatic heterocycles. The van der Waals surface area contributed by atoms with Gasteiger partial charge >= 0.3 is 0 Å². The van der Waals surface area contributed by atoms with Gasteiger partial charge in [0.15, 0.2) is 10.9 Å². The highest BCUT2D eigenvalue weighted by molar-refractivity contribution is 7.80. The minimum Gasteiger partial charge on any atom is -0.459 e. The average Bonchev–Trinajstić information content (AvgIpc) is 3.17. The van der Waals surface area contributed by atoms with Gasteiger partial charge in [0, 0.05) is 17.3 Å². The van der Waals surface area contributed by atoms with E-state index in [1.165, 1.54) is 12.7 Å². The van der Waals surface area contributed by atoms with Crippen molar-refractivity contribution in [1.29, 1.82) is 0 Å². The summed E-state index contributed by atoms with van der Waals surface area (Å²) in [6.07, 6.45) is 6.76. The second kappa shape index (κ2) is 8.62. The molecule has 3 N–H and O–H groups in total. The van der Waals surface area contributed by atoms with Gasteiger partial charge in [-0.15, -0.1) is 0 Å². The van der Waals surface area contributed by atoms with Gasteiger partial charge in [-0.2, -0.15) is 0 Å². The Bertz CT molecular complexity index is 783. The molecule has 1 heterocycles. The van der Waals surface area contributed by atoms with Gasteiger partial charge < -0.3 is 15.1 Å². The normalized spacial score (nSPS) is 14.5. The molecule has 1 fully saturated rings. The molecule has 0 atom stereocenters. The fraction of sp³-hybridized carbons (Fsp3) is 0.316. The number of hydrogen-bond donors (Lipinski definition) is 3. The van der Waals surface area contributed by atoms with Gasteiger partial charge in [-0.05, 0) is 55.4 Å². The number of benzene rings is 1. The Morgan fingerprint density at radius 2 is 1.73 bits per heavy atom. The number of amides is 2. The largest absolute Gasteiger partial charge is 0.459 e. The van der Waals surface area contributed by atoms with Crippen LogP contribution in [0.5, 0.6) is 0 Å². The first kappa shape index (κ1) is 18.1. The molecule has 1 aliphatic carbocycles. The number of anilines is 2. The summed E-state index contributed by atoms with van der Waals surface area (Å²) in [5.41, 5.74) is 1.38. The molecule has 7 heteroatoms. The van der Waals surface area contributed by atoms with Gasteiger partial charge in [0.1, 0.15) is 0 Å². The zero-order valence-corrected chi connectivity index (χ0v) is 15.1. The van der Waals surface area contributed by atoms with E-state index in [0.717, 1.165) is 25.7 Å². The zero-order valence-electron chi connectivity index (χ0n) is 14.3. The van der Waals surface area contributed by atoms with Crippen LogP contribution in [0, 0.1) is 5.92 Å². The van der Waals surface area contributed by atoms with E-state index in [1.54, 1.807) is 18.2 Å². The zero-order chi connectivity index (χ0) is 18.4. The lowest BCUT2D eigenvalue weighted by Gasteiger charge is -2.21. The van der Waals surface area contributed by atoms with Crippen LogP contribution in [0.1, 0.15) is 42.7 Å². The van der Waals surface area contributed by atoms with E-state index >= 15 is 0 Å². The fourth-order valence-electron chi connectivity index (χ4n) is 3.02. The van der Waals surface area contributed by atoms with Crippen LogP contribution in [0.3, 0.4) is 0 Å². The predicted octanol–water partition coefficient (Wildman–Crippen LogP) is 3.93. The van der Waals surface area contributed by atoms with Crippen LogP contribution in [0.2, 0.25) is 0 Å². The summed E-state index contributed by atoms with van der Waals surface area (Å²) in [5, 5.41) is 8.60. The number of furan rings is 1. The smallest absolute Gasteiger partial charge is 0.293 e. The number of carbonyl (C=O) groups excluding carboxylic acids is 2. The van der Waals surface area contributed by atoms with Gasteiger partial charge in [-0.25, -0.2) is 0 Å². The molecule has 1 saturated carbocycles. The third kappa shape index (κ3) is 4.92. The van der Waals surface area contributed by atoms with Crippen molar-refractivity contribution in [2.24, 2.45) is 5.92 Å². The van der Waals surface area contributed by atoms with E-state index in [2.05, 4.69) is 16.0 Å². The minimum atomic E-state index is -0.422. The van der Waals surface area contributed by atoms with Crippen molar-refractivity contribution in [2.45, 2.75) is 32.1 Å². The summed E-state index contributed by atoms with van der Waals surface area (Å²) < 4.78 is 5.02. The molecule has 0 radical (unpaired) electrons. The monoisotopic (exact) mass is 371 g/mol. The number of hydrogen-bond acceptors (Lipinski definition) is 4. The number of rotatable bonds is 4. The van der Waals surface area contributed by atoms with Gasteiger partial charge in [-0.1, -0.05) is 25.3 Å². The van der Waals surface area contributed by atoms with E-state index in [9.17, 15) is 9.59 Å². The molecule has 0 aliphatic heterocycles. The summed E-state index contributed by atoms with van der Waals surface area (Å²) in [5.74, 6) is -0.0820. The molecule has 0 saturated heterocycles. The maximum Gasteiger partial charge on any atom is 0.293 e. The SMILES string of the molecule is O=C(NC(=S)Nc1cccc(NC(=O)C2CCCCC2)c1)c1ccco1. The summed E-state index contributed by atoms with van der Waals surface area (Å²) in [6.45, 7) is 0. The van der Waals surface area contributed by atoms with Gasteiger partial charge in [0.05, 0.1) is 6.26 Å². The number of nitrogens with one attached hydrogen (secondary N) is 3. The maximum absolute atomic E-state index is 12.4. The Labute approximate surface area is 157 Å². The van der Waals surface area contributed by atoms with Crippen LogP contribution >= 0.6 is 12.2 Å². The van der Waals surface area contributed by atoms with Crippen molar-refractivity contribution in [3.05, 3.63) is 48.4 Å². The highest BCUT2D eigenvalue weighted by Gasteiger charge is 2.21. The summed E-state index contributed by atoms with van der Waals surface area (Å²) in [4.78, 5) is 24.3. The van der Waals surface area contributed by atoms with E-state index in [0.29, 0.717) is 11.4 Å². The third-order valence-corrected chi connectivity index (χ3v) is 4.54. The highest BCUT2D eigenvalue weighted by Crippen LogP contribution is 2.25. The van der Waals surface area contributed by atoms with Gasteiger partial charge in [0.2, 0.25) is 5.91 Å². The van der Waals surface area contributed by atoms with Crippen molar-refractivity contribution < 1.29 is 14.0 Å². The topological polar surface area (TPSA) is 83.4 Å². The lowest BCUT2D eigenvalue weighted by molar-refractivity contribution is -0.120. The summed E-state index contributed by atoms with van der Waals surface area (Å²) in [6, 6.07) is 10.4. The quantitative estimate of drug-likeness (QED) is 0.710. The molecule has 0 spiro atoms. The van der Waals surface area contributed by atoms with E-state index in [-0.39, 0.29) is 22.7 Å². The number of thiocarbonyl (C=S) groups is 1. The molecule has 2 amide bonds. The molecule has 26 heavy (non-hydrogen) atoms. The highest BCUT2D eigenvalue weighted by atomic mass is 32.1. The molecule has 6 nitrogen and oxygen atoms in total. The predicted molar refractivity (Wildman–Crippen MR) is 104 cm³/mol. The minimum absolute atomic E-state index is 0.0653. The van der Waals surface area contributed by atoms with Crippen LogP contribution in [0.25, 0.3) is 0 Å². The number of carbonyl (C=O) groups is 2. The van der Waals surface area contributed by atoms with Crippen LogP contribution < -0.4 is 16.0 Å². The van der Waals surface area contributed by atoms with Crippen LogP contribution in [0.15, 0.2) is 47.1 Å². The summed E-state index contributed by atoms with van der Waals surface area (Å²) >= 11 is 5.15.